The Kier molecular flexibility index (Phi) is 6.20. The van der Waals surface area contributed by atoms with E-state index in [0.717, 1.165) is 5.75 Å². The molecule has 72 valence electrons. The third kappa shape index (κ3) is 3.97. The quantitative estimate of drug-likeness (QED) is 0.688. The van der Waals surface area contributed by atoms with Crippen molar-refractivity contribution in [2.45, 2.75) is 19.4 Å². The van der Waals surface area contributed by atoms with Crippen LogP contribution in [0, 0.1) is 0 Å². The van der Waals surface area contributed by atoms with Gasteiger partial charge in [0.15, 0.2) is 0 Å². The summed E-state index contributed by atoms with van der Waals surface area (Å²) in [5.74, 6) is 1.07. The van der Waals surface area contributed by atoms with Crippen molar-refractivity contribution >= 4 is 17.7 Å². The van der Waals surface area contributed by atoms with E-state index in [1.807, 2.05) is 13.2 Å². The van der Waals surface area contributed by atoms with Gasteiger partial charge < -0.3 is 10.6 Å². The average Bonchev–Trinajstić information content (AvgIpc) is 2.11. The number of hydrogen-bond donors (Lipinski definition) is 1. The van der Waals surface area contributed by atoms with Crippen molar-refractivity contribution in [3.63, 3.8) is 0 Å². The van der Waals surface area contributed by atoms with E-state index in [-0.39, 0.29) is 11.9 Å². The summed E-state index contributed by atoms with van der Waals surface area (Å²) in [5.41, 5.74) is 5.44. The molecule has 0 aliphatic heterocycles. The van der Waals surface area contributed by atoms with E-state index in [9.17, 15) is 4.79 Å². The van der Waals surface area contributed by atoms with Crippen LogP contribution < -0.4 is 5.73 Å². The second-order valence-corrected chi connectivity index (χ2v) is 3.82. The molecular formula is C8H18N2OS. The minimum Gasteiger partial charge on any atom is -0.342 e. The molecular weight excluding hydrogens is 172 g/mol. The van der Waals surface area contributed by atoms with Crippen LogP contribution in [0.25, 0.3) is 0 Å². The van der Waals surface area contributed by atoms with Gasteiger partial charge in [0.25, 0.3) is 0 Å². The Bertz CT molecular complexity index is 141. The van der Waals surface area contributed by atoms with Gasteiger partial charge in [0.1, 0.15) is 0 Å². The molecule has 0 rings (SSSR count). The highest BCUT2D eigenvalue weighted by Gasteiger charge is 2.12. The Balaban J connectivity index is 3.75. The molecule has 0 bridgehead atoms. The van der Waals surface area contributed by atoms with Gasteiger partial charge >= 0.3 is 0 Å². The molecule has 12 heavy (non-hydrogen) atoms. The molecule has 1 unspecified atom stereocenters. The summed E-state index contributed by atoms with van der Waals surface area (Å²) in [6, 6.07) is 0.152. The minimum atomic E-state index is 0.152. The fourth-order valence-corrected chi connectivity index (χ4v) is 1.15. The summed E-state index contributed by atoms with van der Waals surface area (Å²) in [5, 5.41) is 0. The first-order valence-electron chi connectivity index (χ1n) is 4.08. The third-order valence-corrected chi connectivity index (χ3v) is 2.53. The molecule has 0 fully saturated rings. The number of carbonyl (C=O) groups is 1. The lowest BCUT2D eigenvalue weighted by atomic mass is 10.3. The minimum absolute atomic E-state index is 0.152. The van der Waals surface area contributed by atoms with Gasteiger partial charge in [-0.05, 0) is 13.2 Å². The van der Waals surface area contributed by atoms with Crippen molar-refractivity contribution in [3.05, 3.63) is 0 Å². The molecule has 0 saturated carbocycles. The normalized spacial score (nSPS) is 12.7. The molecule has 0 radical (unpaired) electrons. The predicted molar refractivity (Wildman–Crippen MR) is 54.3 cm³/mol. The molecule has 0 aliphatic carbocycles. The molecule has 0 aromatic heterocycles. The van der Waals surface area contributed by atoms with Crippen LogP contribution in [0.1, 0.15) is 13.3 Å². The van der Waals surface area contributed by atoms with Crippen LogP contribution in [-0.4, -0.2) is 42.4 Å². The summed E-state index contributed by atoms with van der Waals surface area (Å²) < 4.78 is 0. The number of thioether (sulfide) groups is 1. The number of carbonyl (C=O) groups excluding carboxylic acids is 1. The van der Waals surface area contributed by atoms with Crippen LogP contribution in [0.15, 0.2) is 0 Å². The second kappa shape index (κ2) is 6.31. The number of amides is 1. The van der Waals surface area contributed by atoms with Crippen LogP contribution in [0.5, 0.6) is 0 Å². The first-order chi connectivity index (χ1) is 5.63. The molecule has 2 N–H and O–H groups in total. The van der Waals surface area contributed by atoms with Crippen molar-refractivity contribution in [1.29, 1.82) is 0 Å². The van der Waals surface area contributed by atoms with Gasteiger partial charge in [-0.15, -0.1) is 0 Å². The standard InChI is InChI=1S/C8H18N2OS/c1-7(6-9)10(2)8(11)4-5-12-3/h7H,4-6,9H2,1-3H3. The maximum Gasteiger partial charge on any atom is 0.223 e. The molecule has 1 atom stereocenters. The fourth-order valence-electron chi connectivity index (χ4n) is 0.770. The first-order valence-corrected chi connectivity index (χ1v) is 5.47. The van der Waals surface area contributed by atoms with E-state index in [4.69, 9.17) is 5.73 Å². The highest BCUT2D eigenvalue weighted by atomic mass is 32.2. The molecule has 1 amide bonds. The van der Waals surface area contributed by atoms with Crippen molar-refractivity contribution in [2.24, 2.45) is 5.73 Å². The molecule has 3 nitrogen and oxygen atoms in total. The molecule has 0 spiro atoms. The van der Waals surface area contributed by atoms with Crippen LogP contribution in [0.2, 0.25) is 0 Å². The number of hydrogen-bond acceptors (Lipinski definition) is 3. The monoisotopic (exact) mass is 190 g/mol. The van der Waals surface area contributed by atoms with Gasteiger partial charge in [0.2, 0.25) is 5.91 Å². The summed E-state index contributed by atoms with van der Waals surface area (Å²) in [7, 11) is 1.81. The number of nitrogens with two attached hydrogens (primary N) is 1. The van der Waals surface area contributed by atoms with Gasteiger partial charge in [-0.1, -0.05) is 0 Å². The lowest BCUT2D eigenvalue weighted by Crippen LogP contribution is -2.39. The average molecular weight is 190 g/mol. The summed E-state index contributed by atoms with van der Waals surface area (Å²) in [6.07, 6.45) is 2.61. The largest absolute Gasteiger partial charge is 0.342 e. The topological polar surface area (TPSA) is 46.3 Å². The van der Waals surface area contributed by atoms with Crippen molar-refractivity contribution in [1.82, 2.24) is 4.90 Å². The zero-order valence-corrected chi connectivity index (χ0v) is 8.86. The third-order valence-electron chi connectivity index (χ3n) is 1.92. The Morgan fingerprint density at radius 3 is 2.67 bits per heavy atom. The summed E-state index contributed by atoms with van der Waals surface area (Å²) >= 11 is 1.69. The number of nitrogens with zero attached hydrogens (tertiary/aromatic N) is 1. The Morgan fingerprint density at radius 2 is 2.25 bits per heavy atom. The maximum absolute atomic E-state index is 11.4. The van der Waals surface area contributed by atoms with Gasteiger partial charge in [-0.3, -0.25) is 4.79 Å². The molecule has 0 aliphatic rings. The molecule has 0 aromatic rings. The Labute approximate surface area is 78.7 Å². The zero-order valence-electron chi connectivity index (χ0n) is 8.04. The van der Waals surface area contributed by atoms with Gasteiger partial charge in [-0.2, -0.15) is 11.8 Å². The van der Waals surface area contributed by atoms with E-state index >= 15 is 0 Å². The first kappa shape index (κ1) is 11.8. The van der Waals surface area contributed by atoms with E-state index in [1.165, 1.54) is 0 Å². The fraction of sp³-hybridized carbons (Fsp3) is 0.875. The summed E-state index contributed by atoms with van der Waals surface area (Å²) in [4.78, 5) is 13.1. The van der Waals surface area contributed by atoms with Crippen molar-refractivity contribution < 1.29 is 4.79 Å². The summed E-state index contributed by atoms with van der Waals surface area (Å²) in [6.45, 7) is 2.48. The lowest BCUT2D eigenvalue weighted by molar-refractivity contribution is -0.131. The molecule has 4 heteroatoms. The van der Waals surface area contributed by atoms with Gasteiger partial charge in [-0.25, -0.2) is 0 Å². The van der Waals surface area contributed by atoms with Gasteiger partial charge in [0, 0.05) is 31.8 Å². The smallest absolute Gasteiger partial charge is 0.223 e. The number of likely N-dealkylation sites (N-methyl/N-ethyl adjacent to an activating group) is 1. The van der Waals surface area contributed by atoms with E-state index in [0.29, 0.717) is 13.0 Å². The Morgan fingerprint density at radius 1 is 1.67 bits per heavy atom. The highest BCUT2D eigenvalue weighted by Crippen LogP contribution is 2.01. The van der Waals surface area contributed by atoms with E-state index < -0.39 is 0 Å². The predicted octanol–water partition coefficient (Wildman–Crippen LogP) is 0.545. The second-order valence-electron chi connectivity index (χ2n) is 2.83. The number of rotatable bonds is 5. The van der Waals surface area contributed by atoms with Gasteiger partial charge in [0.05, 0.1) is 0 Å². The van der Waals surface area contributed by atoms with Crippen LogP contribution >= 0.6 is 11.8 Å². The highest BCUT2D eigenvalue weighted by molar-refractivity contribution is 7.98. The molecule has 0 saturated heterocycles. The van der Waals surface area contributed by atoms with Crippen molar-refractivity contribution in [3.8, 4) is 0 Å². The lowest BCUT2D eigenvalue weighted by Gasteiger charge is -2.23. The van der Waals surface area contributed by atoms with Crippen LogP contribution in [0.4, 0.5) is 0 Å². The zero-order chi connectivity index (χ0) is 9.56. The maximum atomic E-state index is 11.4. The van der Waals surface area contributed by atoms with E-state index in [1.54, 1.807) is 23.7 Å². The van der Waals surface area contributed by atoms with Crippen LogP contribution in [-0.2, 0) is 4.79 Å². The Hall–Kier alpha value is -0.220. The molecule has 0 aromatic carbocycles. The molecule has 0 heterocycles. The van der Waals surface area contributed by atoms with E-state index in [2.05, 4.69) is 0 Å². The van der Waals surface area contributed by atoms with Crippen molar-refractivity contribution in [2.75, 3.05) is 25.6 Å². The SMILES string of the molecule is CSCCC(=O)N(C)C(C)CN. The van der Waals surface area contributed by atoms with Crippen LogP contribution in [0.3, 0.4) is 0 Å².